The Hall–Kier alpha value is -0.360. The molecule has 10 heteroatoms. The molecule has 3 rings (SSSR count). The highest BCUT2D eigenvalue weighted by Gasteiger charge is 2.57. The number of phosphoric acid groups is 2. The van der Waals surface area contributed by atoms with Crippen molar-refractivity contribution in [2.45, 2.75) is 79.1 Å². The van der Waals surface area contributed by atoms with Gasteiger partial charge >= 0.3 is 15.6 Å². The first kappa shape index (κ1) is 23.9. The van der Waals surface area contributed by atoms with Crippen LogP contribution in [-0.4, -0.2) is 24.8 Å². The van der Waals surface area contributed by atoms with Crippen molar-refractivity contribution in [2.24, 2.45) is 10.8 Å². The lowest BCUT2D eigenvalue weighted by Gasteiger charge is -2.33. The molecule has 162 valence electrons. The molecule has 8 nitrogen and oxygen atoms in total. The van der Waals surface area contributed by atoms with Crippen LogP contribution in [0.25, 0.3) is 0 Å². The SMILES string of the molecule is CC1(C)CCOP2(=O)OP(=O)(OCCC(C)(C)CCC(=O)CCC(=O)CC1)O2. The molecule has 3 heterocycles. The van der Waals surface area contributed by atoms with Crippen molar-refractivity contribution in [2.75, 3.05) is 13.2 Å². The standard InChI is InChI=1S/C18H32O8P2/c1-17(2)9-7-15(19)5-6-16(20)8-10-18(3,4)12-14-24-28(22)25-27(21,26-28)23-13-11-17/h5-14H2,1-4H3. The predicted octanol–water partition coefficient (Wildman–Crippen LogP) is 5.61. The Bertz CT molecular complexity index is 615. The summed E-state index contributed by atoms with van der Waals surface area (Å²) in [5.41, 5.74) is -0.451. The van der Waals surface area contributed by atoms with E-state index in [1.165, 1.54) is 0 Å². The molecular formula is C18H32O8P2. The van der Waals surface area contributed by atoms with Gasteiger partial charge in [-0.1, -0.05) is 27.7 Å². The minimum Gasteiger partial charge on any atom is -0.300 e. The van der Waals surface area contributed by atoms with Crippen LogP contribution >= 0.6 is 15.6 Å². The highest BCUT2D eigenvalue weighted by molar-refractivity contribution is 7.75. The summed E-state index contributed by atoms with van der Waals surface area (Å²) < 4.78 is 44.5. The molecular weight excluding hydrogens is 406 g/mol. The van der Waals surface area contributed by atoms with Crippen LogP contribution in [0.4, 0.5) is 0 Å². The van der Waals surface area contributed by atoms with Gasteiger partial charge in [-0.25, -0.2) is 9.13 Å². The van der Waals surface area contributed by atoms with Gasteiger partial charge in [0.2, 0.25) is 0 Å². The van der Waals surface area contributed by atoms with Gasteiger partial charge in [-0.2, -0.15) is 8.62 Å². The number of fused-ring (bicyclic) bond motifs is 15. The Morgan fingerprint density at radius 1 is 0.643 bits per heavy atom. The molecule has 0 aliphatic carbocycles. The average molecular weight is 438 g/mol. The van der Waals surface area contributed by atoms with Gasteiger partial charge in [-0.15, -0.1) is 0 Å². The zero-order valence-corrected chi connectivity index (χ0v) is 19.0. The van der Waals surface area contributed by atoms with E-state index in [4.69, 9.17) is 17.7 Å². The second-order valence-corrected chi connectivity index (χ2v) is 12.7. The Balaban J connectivity index is 1.99. The summed E-state index contributed by atoms with van der Waals surface area (Å²) in [5, 5.41) is 0. The van der Waals surface area contributed by atoms with Crippen LogP contribution in [0.2, 0.25) is 0 Å². The molecule has 28 heavy (non-hydrogen) atoms. The molecule has 0 aromatic heterocycles. The number of carbonyl (C=O) groups excluding carboxylic acids is 2. The van der Waals surface area contributed by atoms with Gasteiger partial charge in [-0.3, -0.25) is 18.6 Å². The maximum absolute atomic E-state index is 12.2. The monoisotopic (exact) mass is 438 g/mol. The summed E-state index contributed by atoms with van der Waals surface area (Å²) in [6.07, 6.45) is 3.63. The van der Waals surface area contributed by atoms with E-state index in [0.29, 0.717) is 38.5 Å². The largest absolute Gasteiger partial charge is 0.492 e. The lowest BCUT2D eigenvalue weighted by molar-refractivity contribution is -0.124. The van der Waals surface area contributed by atoms with Crippen LogP contribution in [0.15, 0.2) is 0 Å². The molecule has 3 fully saturated rings. The van der Waals surface area contributed by atoms with E-state index in [9.17, 15) is 18.7 Å². The molecule has 3 saturated heterocycles. The number of rotatable bonds is 0. The van der Waals surface area contributed by atoms with E-state index in [-0.39, 0.29) is 48.5 Å². The summed E-state index contributed by atoms with van der Waals surface area (Å²) >= 11 is 0. The summed E-state index contributed by atoms with van der Waals surface area (Å²) in [6, 6.07) is 0. The first-order valence-electron chi connectivity index (χ1n) is 9.77. The highest BCUT2D eigenvalue weighted by Crippen LogP contribution is 2.82. The van der Waals surface area contributed by atoms with Crippen LogP contribution in [0.5, 0.6) is 0 Å². The summed E-state index contributed by atoms with van der Waals surface area (Å²) in [7, 11) is -7.67. The predicted molar refractivity (Wildman–Crippen MR) is 104 cm³/mol. The molecule has 0 aromatic rings. The third-order valence-electron chi connectivity index (χ3n) is 5.30. The van der Waals surface area contributed by atoms with Crippen molar-refractivity contribution < 1.29 is 36.4 Å². The zero-order valence-electron chi connectivity index (χ0n) is 17.2. The lowest BCUT2D eigenvalue weighted by Crippen LogP contribution is -2.19. The first-order valence-corrected chi connectivity index (χ1v) is 12.7. The van der Waals surface area contributed by atoms with E-state index in [2.05, 4.69) is 0 Å². The second kappa shape index (κ2) is 9.20. The molecule has 0 radical (unpaired) electrons. The van der Waals surface area contributed by atoms with Gasteiger partial charge in [0.25, 0.3) is 0 Å². The van der Waals surface area contributed by atoms with E-state index in [1.54, 1.807) is 0 Å². The Morgan fingerprint density at radius 2 is 1.00 bits per heavy atom. The van der Waals surface area contributed by atoms with Gasteiger partial charge in [0.15, 0.2) is 0 Å². The first-order chi connectivity index (χ1) is 12.8. The van der Waals surface area contributed by atoms with E-state index < -0.39 is 15.6 Å². The smallest absolute Gasteiger partial charge is 0.300 e. The van der Waals surface area contributed by atoms with Crippen molar-refractivity contribution in [3.8, 4) is 0 Å². The number of hydrogen-bond donors (Lipinski definition) is 0. The van der Waals surface area contributed by atoms with Gasteiger partial charge < -0.3 is 0 Å². The van der Waals surface area contributed by atoms with Gasteiger partial charge in [0.1, 0.15) is 11.6 Å². The topological polar surface area (TPSA) is 105 Å². The maximum Gasteiger partial charge on any atom is 0.492 e. The fourth-order valence-electron chi connectivity index (χ4n) is 2.95. The molecule has 0 amide bonds. The second-order valence-electron chi connectivity index (χ2n) is 9.13. The molecule has 0 spiro atoms. The molecule has 3 aliphatic rings. The van der Waals surface area contributed by atoms with Crippen LogP contribution in [0.1, 0.15) is 79.1 Å². The van der Waals surface area contributed by atoms with Gasteiger partial charge in [0.05, 0.1) is 13.2 Å². The lowest BCUT2D eigenvalue weighted by atomic mass is 9.83. The molecule has 0 atom stereocenters. The van der Waals surface area contributed by atoms with Crippen molar-refractivity contribution in [3.05, 3.63) is 0 Å². The van der Waals surface area contributed by atoms with Crippen molar-refractivity contribution in [1.29, 1.82) is 0 Å². The Kier molecular flexibility index (Phi) is 7.85. The number of Topliss-reactive ketones (excluding diaryl/α,β-unsaturated/α-hetero) is 2. The summed E-state index contributed by atoms with van der Waals surface area (Å²) in [5.74, 6) is 0.152. The molecule has 0 N–H and O–H groups in total. The van der Waals surface area contributed by atoms with E-state index >= 15 is 0 Å². The quantitative estimate of drug-likeness (QED) is 0.450. The average Bonchev–Trinajstić information content (AvgIpc) is 2.54. The van der Waals surface area contributed by atoms with Gasteiger partial charge in [-0.05, 0) is 36.5 Å². The summed E-state index contributed by atoms with van der Waals surface area (Å²) in [6.45, 7) is 8.09. The number of hydrogen-bond acceptors (Lipinski definition) is 8. The fourth-order valence-corrected chi connectivity index (χ4v) is 6.34. The third-order valence-corrected chi connectivity index (χ3v) is 9.50. The van der Waals surface area contributed by atoms with Crippen molar-refractivity contribution in [3.63, 3.8) is 0 Å². The van der Waals surface area contributed by atoms with Gasteiger partial charge in [0, 0.05) is 25.7 Å². The van der Waals surface area contributed by atoms with Crippen LogP contribution in [0, 0.1) is 10.8 Å². The zero-order chi connectivity index (χ0) is 21.1. The van der Waals surface area contributed by atoms with Crippen molar-refractivity contribution in [1.82, 2.24) is 0 Å². The molecule has 0 unspecified atom stereocenters. The Labute approximate surface area is 167 Å². The minimum absolute atomic E-state index is 0.0762. The minimum atomic E-state index is -3.84. The Morgan fingerprint density at radius 3 is 1.36 bits per heavy atom. The molecule has 0 saturated carbocycles. The third kappa shape index (κ3) is 7.81. The normalized spacial score (nSPS) is 35.9. The van der Waals surface area contributed by atoms with Crippen LogP contribution < -0.4 is 0 Å². The number of carbonyl (C=O) groups is 2. The van der Waals surface area contributed by atoms with Crippen LogP contribution in [0.3, 0.4) is 0 Å². The molecule has 2 bridgehead atoms. The summed E-state index contributed by atoms with van der Waals surface area (Å²) in [4.78, 5) is 24.2. The van der Waals surface area contributed by atoms with E-state index in [0.717, 1.165) is 0 Å². The van der Waals surface area contributed by atoms with Crippen LogP contribution in [-0.2, 0) is 36.4 Å². The molecule has 3 aliphatic heterocycles. The van der Waals surface area contributed by atoms with Crippen molar-refractivity contribution >= 4 is 27.2 Å². The molecule has 0 aromatic carbocycles. The fraction of sp³-hybridized carbons (Fsp3) is 0.889. The van der Waals surface area contributed by atoms with E-state index in [1.807, 2.05) is 27.7 Å². The number of ketones is 2. The highest BCUT2D eigenvalue weighted by atomic mass is 31.3. The maximum atomic E-state index is 12.2.